The van der Waals surface area contributed by atoms with Gasteiger partial charge in [-0.1, -0.05) is 153 Å². The monoisotopic (exact) mass is 783 g/mol. The van der Waals surface area contributed by atoms with Crippen LogP contribution in [-0.2, 0) is 6.42 Å². The average Bonchev–Trinajstić information content (AvgIpc) is 3.27. The van der Waals surface area contributed by atoms with Crippen LogP contribution < -0.4 is 14.2 Å². The number of likely N-dealkylation sites (N-methyl/N-ethyl adjacent to an activating group) is 1. The first-order valence-electron chi connectivity index (χ1n) is 19.1. The Kier molecular flexibility index (Phi) is 16.3. The van der Waals surface area contributed by atoms with Gasteiger partial charge in [0, 0.05) is 17.7 Å². The molecule has 0 unspecified atom stereocenters. The van der Waals surface area contributed by atoms with E-state index in [0.29, 0.717) is 11.6 Å². The van der Waals surface area contributed by atoms with E-state index in [9.17, 15) is 0 Å². The molecule has 0 amide bonds. The van der Waals surface area contributed by atoms with E-state index in [1.807, 2.05) is 109 Å². The molecule has 0 radical (unpaired) electrons. The summed E-state index contributed by atoms with van der Waals surface area (Å²) >= 11 is 13.8. The Balaban J connectivity index is 0.000000215. The van der Waals surface area contributed by atoms with Gasteiger partial charge < -0.3 is 19.1 Å². The number of hydrogen-bond donors (Lipinski definition) is 0. The molecule has 0 aliphatic rings. The molecule has 0 bridgehead atoms. The Bertz CT molecular complexity index is 2080. The van der Waals surface area contributed by atoms with E-state index >= 15 is 0 Å². The van der Waals surface area contributed by atoms with Crippen molar-refractivity contribution < 1.29 is 14.2 Å². The standard InChI is InChI=1S/C26H28ClNO.C24H23ClO2/c1-3-28(4-2)19-20-29-24-17-15-22(16-18-24)25(21-11-7-5-8-12-21)26(27)23-13-9-6-10-14-23;1-4-17-5-7-18(8-6-17)23(19-9-13-21(26-2)14-10-19)24(25)20-11-15-22(27-3)16-12-20/h5-18H,3-4,19-20H2,1-2H3;5-16H,4H2,1-3H3/b26-25+;24-23+. The lowest BCUT2D eigenvalue weighted by Crippen LogP contribution is -2.27. The molecule has 0 saturated carbocycles. The van der Waals surface area contributed by atoms with E-state index < -0.39 is 0 Å². The molecule has 6 rings (SSSR count). The fourth-order valence-corrected chi connectivity index (χ4v) is 6.96. The summed E-state index contributed by atoms with van der Waals surface area (Å²) in [5.74, 6) is 2.51. The SMILES string of the molecule is CCN(CC)CCOc1ccc(/C(=C(/Cl)c2ccccc2)c2ccccc2)cc1.CCc1ccc(/C(=C(\Cl)c2ccc(OC)cc2)c2ccc(OC)cc2)cc1. The van der Waals surface area contributed by atoms with Gasteiger partial charge in [-0.3, -0.25) is 0 Å². The number of methoxy groups -OCH3 is 2. The lowest BCUT2D eigenvalue weighted by atomic mass is 9.94. The lowest BCUT2D eigenvalue weighted by molar-refractivity contribution is 0.223. The highest BCUT2D eigenvalue weighted by Gasteiger charge is 2.15. The van der Waals surface area contributed by atoms with Crippen molar-refractivity contribution in [2.24, 2.45) is 0 Å². The molecule has 0 heterocycles. The van der Waals surface area contributed by atoms with Crippen LogP contribution in [0.4, 0.5) is 0 Å². The number of rotatable bonds is 15. The quantitative estimate of drug-likeness (QED) is 0.0971. The van der Waals surface area contributed by atoms with Gasteiger partial charge in [0.15, 0.2) is 0 Å². The van der Waals surface area contributed by atoms with Gasteiger partial charge in [-0.05, 0) is 107 Å². The maximum absolute atomic E-state index is 6.89. The van der Waals surface area contributed by atoms with Crippen molar-refractivity contribution >= 4 is 44.4 Å². The van der Waals surface area contributed by atoms with Crippen LogP contribution >= 0.6 is 23.2 Å². The van der Waals surface area contributed by atoms with Crippen LogP contribution in [0.2, 0.25) is 0 Å². The molecular weight excluding hydrogens is 733 g/mol. The molecule has 288 valence electrons. The first-order valence-corrected chi connectivity index (χ1v) is 19.9. The number of halogens is 2. The summed E-state index contributed by atoms with van der Waals surface area (Å²) in [6, 6.07) is 52.9. The molecule has 0 N–H and O–H groups in total. The third-order valence-electron chi connectivity index (χ3n) is 9.62. The zero-order valence-electron chi connectivity index (χ0n) is 33.0. The van der Waals surface area contributed by atoms with Gasteiger partial charge in [-0.25, -0.2) is 0 Å². The van der Waals surface area contributed by atoms with Crippen molar-refractivity contribution in [3.8, 4) is 17.2 Å². The Morgan fingerprint density at radius 2 is 0.804 bits per heavy atom. The molecule has 0 saturated heterocycles. The lowest BCUT2D eigenvalue weighted by Gasteiger charge is -2.18. The number of nitrogens with zero attached hydrogens (tertiary/aromatic N) is 1. The molecule has 0 atom stereocenters. The molecule has 0 spiro atoms. The van der Waals surface area contributed by atoms with Crippen LogP contribution in [0.1, 0.15) is 59.7 Å². The van der Waals surface area contributed by atoms with Gasteiger partial charge in [-0.2, -0.15) is 0 Å². The van der Waals surface area contributed by atoms with Crippen molar-refractivity contribution in [2.75, 3.05) is 40.5 Å². The fourth-order valence-electron chi connectivity index (χ4n) is 6.27. The predicted molar refractivity (Wildman–Crippen MR) is 238 cm³/mol. The molecule has 0 aliphatic carbocycles. The first kappa shape index (κ1) is 41.9. The fraction of sp³-hybridized carbons (Fsp3) is 0.200. The van der Waals surface area contributed by atoms with Crippen molar-refractivity contribution in [3.63, 3.8) is 0 Å². The number of benzene rings is 6. The predicted octanol–water partition coefficient (Wildman–Crippen LogP) is 13.0. The normalized spacial score (nSPS) is 11.9. The minimum atomic E-state index is 0.688. The summed E-state index contributed by atoms with van der Waals surface area (Å²) in [5.41, 5.74) is 9.56. The molecule has 56 heavy (non-hydrogen) atoms. The number of ether oxygens (including phenoxy) is 3. The minimum Gasteiger partial charge on any atom is -0.497 e. The Hall–Kier alpha value is -5.26. The summed E-state index contributed by atoms with van der Waals surface area (Å²) in [7, 11) is 3.32. The second kappa shape index (κ2) is 21.7. The molecule has 0 aromatic heterocycles. The van der Waals surface area contributed by atoms with Gasteiger partial charge in [0.1, 0.15) is 23.9 Å². The highest BCUT2D eigenvalue weighted by atomic mass is 35.5. The van der Waals surface area contributed by atoms with Crippen LogP contribution in [-0.4, -0.2) is 45.4 Å². The second-order valence-electron chi connectivity index (χ2n) is 13.0. The van der Waals surface area contributed by atoms with Gasteiger partial charge in [0.05, 0.1) is 24.3 Å². The molecule has 0 aliphatic heterocycles. The van der Waals surface area contributed by atoms with Crippen LogP contribution in [0, 0.1) is 0 Å². The van der Waals surface area contributed by atoms with E-state index in [1.165, 1.54) is 5.56 Å². The molecule has 6 aromatic carbocycles. The van der Waals surface area contributed by atoms with Crippen LogP contribution in [0.3, 0.4) is 0 Å². The molecule has 6 heteroatoms. The maximum Gasteiger partial charge on any atom is 0.119 e. The van der Waals surface area contributed by atoms with E-state index in [4.69, 9.17) is 37.4 Å². The zero-order valence-corrected chi connectivity index (χ0v) is 34.5. The van der Waals surface area contributed by atoms with Crippen molar-refractivity contribution in [3.05, 3.63) is 197 Å². The summed E-state index contributed by atoms with van der Waals surface area (Å²) in [4.78, 5) is 2.35. The first-order chi connectivity index (χ1) is 27.4. The van der Waals surface area contributed by atoms with Gasteiger partial charge in [-0.15, -0.1) is 0 Å². The summed E-state index contributed by atoms with van der Waals surface area (Å²) in [6.45, 7) is 10.2. The summed E-state index contributed by atoms with van der Waals surface area (Å²) < 4.78 is 16.5. The Labute approximate surface area is 343 Å². The Morgan fingerprint density at radius 1 is 0.446 bits per heavy atom. The van der Waals surface area contributed by atoms with E-state index in [1.54, 1.807) is 14.2 Å². The third kappa shape index (κ3) is 11.4. The molecule has 0 fully saturated rings. The Morgan fingerprint density at radius 3 is 1.21 bits per heavy atom. The maximum atomic E-state index is 6.89. The van der Waals surface area contributed by atoms with Crippen molar-refractivity contribution in [1.82, 2.24) is 4.90 Å². The minimum absolute atomic E-state index is 0.688. The molecular formula is C50H51Cl2NO3. The topological polar surface area (TPSA) is 30.9 Å². The largest absolute Gasteiger partial charge is 0.497 e. The van der Waals surface area contributed by atoms with Gasteiger partial charge in [0.2, 0.25) is 0 Å². The average molecular weight is 785 g/mol. The molecule has 6 aromatic rings. The summed E-state index contributed by atoms with van der Waals surface area (Å²) in [6.07, 6.45) is 1.01. The number of hydrogen-bond acceptors (Lipinski definition) is 4. The van der Waals surface area contributed by atoms with Crippen LogP contribution in [0.15, 0.2) is 158 Å². The zero-order chi connectivity index (χ0) is 39.7. The van der Waals surface area contributed by atoms with E-state index in [2.05, 4.69) is 74.2 Å². The summed E-state index contributed by atoms with van der Waals surface area (Å²) in [5, 5.41) is 1.44. The highest BCUT2D eigenvalue weighted by Crippen LogP contribution is 2.37. The van der Waals surface area contributed by atoms with Crippen LogP contribution in [0.25, 0.3) is 21.2 Å². The molecule has 4 nitrogen and oxygen atoms in total. The van der Waals surface area contributed by atoms with Crippen LogP contribution in [0.5, 0.6) is 17.2 Å². The smallest absolute Gasteiger partial charge is 0.119 e. The van der Waals surface area contributed by atoms with Crippen molar-refractivity contribution in [2.45, 2.75) is 27.2 Å². The third-order valence-corrected chi connectivity index (χ3v) is 10.4. The van der Waals surface area contributed by atoms with Crippen molar-refractivity contribution in [1.29, 1.82) is 0 Å². The van der Waals surface area contributed by atoms with E-state index in [-0.39, 0.29) is 0 Å². The number of aryl methyl sites for hydroxylation is 1. The van der Waals surface area contributed by atoms with Gasteiger partial charge >= 0.3 is 0 Å². The highest BCUT2D eigenvalue weighted by molar-refractivity contribution is 6.53. The second-order valence-corrected chi connectivity index (χ2v) is 13.8. The van der Waals surface area contributed by atoms with E-state index in [0.717, 1.165) is 92.9 Å². The van der Waals surface area contributed by atoms with Gasteiger partial charge in [0.25, 0.3) is 0 Å².